The van der Waals surface area contributed by atoms with Crippen molar-refractivity contribution in [1.29, 1.82) is 0 Å². The molecule has 0 heterocycles. The molecule has 0 bridgehead atoms. The molecule has 4 aromatic rings. The van der Waals surface area contributed by atoms with Gasteiger partial charge < -0.3 is 19.7 Å². The Balaban J connectivity index is 1.88. The van der Waals surface area contributed by atoms with Crippen molar-refractivity contribution in [2.24, 2.45) is 0 Å². The van der Waals surface area contributed by atoms with Gasteiger partial charge in [-0.2, -0.15) is 0 Å². The first-order valence-corrected chi connectivity index (χ1v) is 17.1. The summed E-state index contributed by atoms with van der Waals surface area (Å²) in [6, 6.07) is 25.6. The summed E-state index contributed by atoms with van der Waals surface area (Å²) in [5, 5.41) is 3.50. The van der Waals surface area contributed by atoms with Crippen molar-refractivity contribution in [1.82, 2.24) is 10.2 Å². The van der Waals surface area contributed by atoms with Crippen molar-refractivity contribution < 1.29 is 27.5 Å². The van der Waals surface area contributed by atoms with Crippen LogP contribution in [0.2, 0.25) is 10.0 Å². The minimum atomic E-state index is -4.35. The Bertz CT molecular complexity index is 1750. The monoisotopic (exact) mass is 697 g/mol. The molecule has 47 heavy (non-hydrogen) atoms. The van der Waals surface area contributed by atoms with Gasteiger partial charge in [-0.1, -0.05) is 84.7 Å². The summed E-state index contributed by atoms with van der Waals surface area (Å²) in [5.41, 5.74) is 1.30. The minimum absolute atomic E-state index is 0.0418. The third-order valence-corrected chi connectivity index (χ3v) is 9.96. The highest BCUT2D eigenvalue weighted by molar-refractivity contribution is 7.92. The van der Waals surface area contributed by atoms with Crippen LogP contribution in [0.25, 0.3) is 0 Å². The number of halogens is 2. The van der Waals surface area contributed by atoms with E-state index in [1.165, 1.54) is 37.3 Å². The number of methoxy groups -OCH3 is 2. The lowest BCUT2D eigenvalue weighted by atomic mass is 10.0. The molecule has 0 saturated heterocycles. The summed E-state index contributed by atoms with van der Waals surface area (Å²) < 4.78 is 40.5. The molecule has 9 nitrogen and oxygen atoms in total. The van der Waals surface area contributed by atoms with Gasteiger partial charge in [0.1, 0.15) is 24.1 Å². The van der Waals surface area contributed by atoms with Crippen molar-refractivity contribution in [2.45, 2.75) is 37.2 Å². The second kappa shape index (κ2) is 16.5. The number of sulfonamides is 1. The Labute approximate surface area is 286 Å². The Morgan fingerprint density at radius 2 is 1.49 bits per heavy atom. The molecular formula is C35H37Cl2N3O6S. The average Bonchev–Trinajstić information content (AvgIpc) is 3.09. The van der Waals surface area contributed by atoms with Crippen LogP contribution in [0.1, 0.15) is 24.5 Å². The Kier molecular flexibility index (Phi) is 12.5. The summed E-state index contributed by atoms with van der Waals surface area (Å²) in [6.45, 7) is 1.46. The van der Waals surface area contributed by atoms with E-state index in [2.05, 4.69) is 5.32 Å². The highest BCUT2D eigenvalue weighted by atomic mass is 35.5. The number of carbonyl (C=O) groups is 2. The number of benzene rings is 4. The molecule has 4 rings (SSSR count). The minimum Gasteiger partial charge on any atom is -0.497 e. The molecule has 1 N–H and O–H groups in total. The van der Waals surface area contributed by atoms with Crippen molar-refractivity contribution >= 4 is 50.7 Å². The van der Waals surface area contributed by atoms with Crippen LogP contribution in [0.5, 0.6) is 11.5 Å². The first-order chi connectivity index (χ1) is 22.6. The highest BCUT2D eigenvalue weighted by Gasteiger charge is 2.36. The summed E-state index contributed by atoms with van der Waals surface area (Å²) in [5.74, 6) is -0.524. The van der Waals surface area contributed by atoms with Crippen LogP contribution in [-0.4, -0.2) is 58.5 Å². The number of carbonyl (C=O) groups excluding carboxylic acids is 2. The second-order valence-corrected chi connectivity index (χ2v) is 13.3. The number of nitrogens with zero attached hydrogens (tertiary/aromatic N) is 2. The molecule has 248 valence electrons. The smallest absolute Gasteiger partial charge is 0.264 e. The number of anilines is 1. The van der Waals surface area contributed by atoms with Crippen molar-refractivity contribution in [3.63, 3.8) is 0 Å². The molecule has 0 aliphatic carbocycles. The Morgan fingerprint density at radius 1 is 0.851 bits per heavy atom. The molecule has 0 aliphatic heterocycles. The third-order valence-electron chi connectivity index (χ3n) is 7.48. The lowest BCUT2D eigenvalue weighted by molar-refractivity contribution is -0.140. The van der Waals surface area contributed by atoms with Crippen LogP contribution < -0.4 is 19.1 Å². The quantitative estimate of drug-likeness (QED) is 0.155. The summed E-state index contributed by atoms with van der Waals surface area (Å²) >= 11 is 13.1. The van der Waals surface area contributed by atoms with Crippen molar-refractivity contribution in [2.75, 3.05) is 31.6 Å². The maximum absolute atomic E-state index is 14.7. The van der Waals surface area contributed by atoms with E-state index in [1.54, 1.807) is 48.5 Å². The zero-order chi connectivity index (χ0) is 34.0. The molecule has 2 amide bonds. The van der Waals surface area contributed by atoms with E-state index in [-0.39, 0.29) is 29.3 Å². The largest absolute Gasteiger partial charge is 0.497 e. The SMILES string of the molecule is CCCNC(=O)[C@@H](Cc1ccccc1)N(Cc1c(Cl)cccc1Cl)C(=O)CN(c1cc(OC)ccc1OC)S(=O)(=O)c1ccccc1. The molecule has 0 aromatic heterocycles. The summed E-state index contributed by atoms with van der Waals surface area (Å²) in [7, 11) is -1.50. The number of ether oxygens (including phenoxy) is 2. The molecule has 0 aliphatic rings. The molecule has 12 heteroatoms. The highest BCUT2D eigenvalue weighted by Crippen LogP contribution is 2.36. The van der Waals surface area contributed by atoms with Crippen LogP contribution in [0, 0.1) is 0 Å². The number of hydrogen-bond donors (Lipinski definition) is 1. The standard InChI is InChI=1S/C35H37Cl2N3O6S/c1-4-20-38-35(42)32(21-25-12-7-5-8-13-25)39(23-28-29(36)16-11-17-30(28)37)34(41)24-40(47(43,44)27-14-9-6-10-15-27)31-22-26(45-2)18-19-33(31)46-3/h5-19,22,32H,4,20-21,23-24H2,1-3H3,(H,38,42)/t32-/m1/s1. The molecular weight excluding hydrogens is 661 g/mol. The van der Waals surface area contributed by atoms with Crippen LogP contribution in [0.4, 0.5) is 5.69 Å². The molecule has 4 aromatic carbocycles. The van der Waals surface area contributed by atoms with E-state index in [1.807, 2.05) is 37.3 Å². The zero-order valence-corrected chi connectivity index (χ0v) is 28.7. The lowest BCUT2D eigenvalue weighted by Crippen LogP contribution is -2.53. The number of hydrogen-bond acceptors (Lipinski definition) is 6. The molecule has 0 fully saturated rings. The fraction of sp³-hybridized carbons (Fsp3) is 0.257. The van der Waals surface area contributed by atoms with Gasteiger partial charge in [0, 0.05) is 41.2 Å². The van der Waals surface area contributed by atoms with Gasteiger partial charge in [-0.25, -0.2) is 8.42 Å². The van der Waals surface area contributed by atoms with Gasteiger partial charge in [0.25, 0.3) is 10.0 Å². The van der Waals surface area contributed by atoms with Crippen LogP contribution in [0.3, 0.4) is 0 Å². The molecule has 0 unspecified atom stereocenters. The zero-order valence-electron chi connectivity index (χ0n) is 26.4. The fourth-order valence-corrected chi connectivity index (χ4v) is 6.95. The number of nitrogens with one attached hydrogen (secondary N) is 1. The summed E-state index contributed by atoms with van der Waals surface area (Å²) in [6.07, 6.45) is 0.824. The summed E-state index contributed by atoms with van der Waals surface area (Å²) in [4.78, 5) is 29.8. The predicted octanol–water partition coefficient (Wildman–Crippen LogP) is 6.37. The second-order valence-electron chi connectivity index (χ2n) is 10.6. The van der Waals surface area contributed by atoms with E-state index in [4.69, 9.17) is 32.7 Å². The number of amides is 2. The lowest BCUT2D eigenvalue weighted by Gasteiger charge is -2.34. The van der Waals surface area contributed by atoms with Gasteiger partial charge in [-0.05, 0) is 48.4 Å². The number of rotatable bonds is 15. The molecule has 1 atom stereocenters. The van der Waals surface area contributed by atoms with E-state index >= 15 is 0 Å². The Hall–Kier alpha value is -4.25. The van der Waals surface area contributed by atoms with Crippen molar-refractivity contribution in [3.05, 3.63) is 118 Å². The fourth-order valence-electron chi connectivity index (χ4n) is 5.00. The van der Waals surface area contributed by atoms with E-state index in [0.717, 1.165) is 9.87 Å². The first kappa shape index (κ1) is 35.6. The third kappa shape index (κ3) is 8.77. The average molecular weight is 699 g/mol. The normalized spacial score (nSPS) is 11.8. The molecule has 0 spiro atoms. The van der Waals surface area contributed by atoms with Crippen LogP contribution >= 0.6 is 23.2 Å². The topological polar surface area (TPSA) is 105 Å². The predicted molar refractivity (Wildman–Crippen MR) is 185 cm³/mol. The van der Waals surface area contributed by atoms with Crippen LogP contribution in [-0.2, 0) is 32.6 Å². The molecule has 0 saturated carbocycles. The molecule has 0 radical (unpaired) electrons. The Morgan fingerprint density at radius 3 is 2.09 bits per heavy atom. The van der Waals surface area contributed by atoms with Gasteiger partial charge in [-0.3, -0.25) is 13.9 Å². The maximum Gasteiger partial charge on any atom is 0.264 e. The van der Waals surface area contributed by atoms with Gasteiger partial charge >= 0.3 is 0 Å². The van der Waals surface area contributed by atoms with Gasteiger partial charge in [0.2, 0.25) is 11.8 Å². The van der Waals surface area contributed by atoms with Gasteiger partial charge in [-0.15, -0.1) is 0 Å². The first-order valence-electron chi connectivity index (χ1n) is 14.9. The van der Waals surface area contributed by atoms with Crippen molar-refractivity contribution in [3.8, 4) is 11.5 Å². The van der Waals surface area contributed by atoms with E-state index < -0.39 is 34.4 Å². The van der Waals surface area contributed by atoms with Gasteiger partial charge in [0.05, 0.1) is 24.8 Å². The van der Waals surface area contributed by atoms with E-state index in [9.17, 15) is 18.0 Å². The van der Waals surface area contributed by atoms with Gasteiger partial charge in [0.15, 0.2) is 0 Å². The van der Waals surface area contributed by atoms with E-state index in [0.29, 0.717) is 34.3 Å². The van der Waals surface area contributed by atoms with Crippen LogP contribution in [0.15, 0.2) is 102 Å². The maximum atomic E-state index is 14.7.